The molecule has 0 saturated carbocycles. The number of likely N-dealkylation sites (N-methyl/N-ethyl adjacent to an activating group) is 1. The lowest BCUT2D eigenvalue weighted by atomic mass is 10.2. The quantitative estimate of drug-likeness (QED) is 0.906. The second-order valence-corrected chi connectivity index (χ2v) is 5.81. The Morgan fingerprint density at radius 1 is 1.38 bits per heavy atom. The molecule has 21 heavy (non-hydrogen) atoms. The highest BCUT2D eigenvalue weighted by molar-refractivity contribution is 5.96. The van der Waals surface area contributed by atoms with E-state index in [4.69, 9.17) is 5.11 Å². The monoisotopic (exact) mass is 290 g/mol. The molecular formula is C15H22N4O2. The number of hydrogen-bond donors (Lipinski definition) is 1. The number of aliphatic hydroxyl groups excluding tert-OH is 1. The third kappa shape index (κ3) is 3.21. The van der Waals surface area contributed by atoms with Crippen LogP contribution in [0.4, 0.5) is 0 Å². The van der Waals surface area contributed by atoms with Crippen molar-refractivity contribution in [2.75, 3.05) is 13.7 Å². The lowest BCUT2D eigenvalue weighted by Crippen LogP contribution is -2.37. The molecule has 2 heterocycles. The summed E-state index contributed by atoms with van der Waals surface area (Å²) in [6, 6.07) is 1.58. The Kier molecular flexibility index (Phi) is 4.57. The van der Waals surface area contributed by atoms with Gasteiger partial charge in [-0.05, 0) is 18.9 Å². The zero-order valence-corrected chi connectivity index (χ0v) is 12.9. The second-order valence-electron chi connectivity index (χ2n) is 5.81. The smallest absolute Gasteiger partial charge is 0.255 e. The third-order valence-electron chi connectivity index (χ3n) is 3.51. The van der Waals surface area contributed by atoms with Gasteiger partial charge in [-0.3, -0.25) is 4.79 Å². The molecule has 0 aromatic carbocycles. The van der Waals surface area contributed by atoms with Crippen molar-refractivity contribution in [3.05, 3.63) is 24.0 Å². The first-order valence-corrected chi connectivity index (χ1v) is 7.13. The lowest BCUT2D eigenvalue weighted by Gasteiger charge is -2.23. The molecule has 0 radical (unpaired) electrons. The van der Waals surface area contributed by atoms with Crippen LogP contribution in [-0.4, -0.2) is 50.4 Å². The summed E-state index contributed by atoms with van der Waals surface area (Å²) in [6.45, 7) is 6.77. The van der Waals surface area contributed by atoms with E-state index in [0.29, 0.717) is 11.5 Å². The number of carbonyl (C=O) groups is 1. The summed E-state index contributed by atoms with van der Waals surface area (Å²) in [6.07, 6.45) is 3.31. The van der Waals surface area contributed by atoms with Gasteiger partial charge in [-0.25, -0.2) is 9.67 Å². The highest BCUT2D eigenvalue weighted by Gasteiger charge is 2.18. The van der Waals surface area contributed by atoms with Gasteiger partial charge in [-0.2, -0.15) is 5.10 Å². The Balaban J connectivity index is 2.29. The SMILES string of the molecule is CC(C)Cn1ncc2cc(C(=O)N(C)C(C)CO)cnc21. The molecule has 6 nitrogen and oxygen atoms in total. The van der Waals surface area contributed by atoms with Crippen LogP contribution in [0.25, 0.3) is 11.0 Å². The zero-order valence-electron chi connectivity index (χ0n) is 12.9. The summed E-state index contributed by atoms with van der Waals surface area (Å²) < 4.78 is 1.86. The van der Waals surface area contributed by atoms with Crippen molar-refractivity contribution >= 4 is 16.9 Å². The van der Waals surface area contributed by atoms with E-state index in [2.05, 4.69) is 23.9 Å². The minimum absolute atomic E-state index is 0.0652. The third-order valence-corrected chi connectivity index (χ3v) is 3.51. The van der Waals surface area contributed by atoms with E-state index in [1.807, 2.05) is 4.68 Å². The van der Waals surface area contributed by atoms with Crippen molar-refractivity contribution < 1.29 is 9.90 Å². The van der Waals surface area contributed by atoms with E-state index in [1.54, 1.807) is 32.4 Å². The predicted octanol–water partition coefficient (Wildman–Crippen LogP) is 1.54. The largest absolute Gasteiger partial charge is 0.394 e. The van der Waals surface area contributed by atoms with E-state index in [1.165, 1.54) is 4.90 Å². The maximum atomic E-state index is 12.3. The van der Waals surface area contributed by atoms with Gasteiger partial charge in [-0.1, -0.05) is 13.8 Å². The van der Waals surface area contributed by atoms with Crippen molar-refractivity contribution in [1.82, 2.24) is 19.7 Å². The van der Waals surface area contributed by atoms with Crippen molar-refractivity contribution in [2.24, 2.45) is 5.92 Å². The number of carbonyl (C=O) groups excluding carboxylic acids is 1. The van der Waals surface area contributed by atoms with Crippen LogP contribution in [0.15, 0.2) is 18.5 Å². The Hall–Kier alpha value is -1.95. The summed E-state index contributed by atoms with van der Waals surface area (Å²) in [5.74, 6) is 0.329. The summed E-state index contributed by atoms with van der Waals surface area (Å²) in [4.78, 5) is 18.2. The Bertz CT molecular complexity index is 636. The molecular weight excluding hydrogens is 268 g/mol. The molecule has 114 valence electrons. The molecule has 2 rings (SSSR count). The van der Waals surface area contributed by atoms with Gasteiger partial charge in [0.25, 0.3) is 5.91 Å². The summed E-state index contributed by atoms with van der Waals surface area (Å²) in [5.41, 5.74) is 1.30. The normalized spacial score (nSPS) is 12.9. The molecule has 2 aromatic heterocycles. The van der Waals surface area contributed by atoms with Crippen LogP contribution in [-0.2, 0) is 6.54 Å². The fraction of sp³-hybridized carbons (Fsp3) is 0.533. The maximum Gasteiger partial charge on any atom is 0.255 e. The van der Waals surface area contributed by atoms with Crippen molar-refractivity contribution in [2.45, 2.75) is 33.4 Å². The fourth-order valence-electron chi connectivity index (χ4n) is 2.09. The number of nitrogens with zero attached hydrogens (tertiary/aromatic N) is 4. The highest BCUT2D eigenvalue weighted by Crippen LogP contribution is 2.16. The van der Waals surface area contributed by atoms with E-state index >= 15 is 0 Å². The van der Waals surface area contributed by atoms with Crippen LogP contribution in [0, 0.1) is 5.92 Å². The van der Waals surface area contributed by atoms with Crippen LogP contribution in [0.3, 0.4) is 0 Å². The number of fused-ring (bicyclic) bond motifs is 1. The first-order chi connectivity index (χ1) is 9.93. The summed E-state index contributed by atoms with van der Waals surface area (Å²) in [5, 5.41) is 14.3. The number of aromatic nitrogens is 3. The van der Waals surface area contributed by atoms with Gasteiger partial charge in [0.15, 0.2) is 5.65 Å². The first-order valence-electron chi connectivity index (χ1n) is 7.13. The lowest BCUT2D eigenvalue weighted by molar-refractivity contribution is 0.0682. The molecule has 1 unspecified atom stereocenters. The second kappa shape index (κ2) is 6.22. The number of pyridine rings is 1. The fourth-order valence-corrected chi connectivity index (χ4v) is 2.09. The van der Waals surface area contributed by atoms with Gasteiger partial charge < -0.3 is 10.0 Å². The molecule has 0 aliphatic carbocycles. The van der Waals surface area contributed by atoms with Crippen molar-refractivity contribution in [3.8, 4) is 0 Å². The average molecular weight is 290 g/mol. The zero-order chi connectivity index (χ0) is 15.6. The minimum Gasteiger partial charge on any atom is -0.394 e. The van der Waals surface area contributed by atoms with Crippen molar-refractivity contribution in [3.63, 3.8) is 0 Å². The van der Waals surface area contributed by atoms with Crippen LogP contribution >= 0.6 is 0 Å². The molecule has 0 saturated heterocycles. The van der Waals surface area contributed by atoms with Crippen LogP contribution in [0.5, 0.6) is 0 Å². The predicted molar refractivity (Wildman–Crippen MR) is 81.0 cm³/mol. The van der Waals surface area contributed by atoms with Gasteiger partial charge in [0.2, 0.25) is 0 Å². The van der Waals surface area contributed by atoms with Gasteiger partial charge in [0, 0.05) is 25.2 Å². The van der Waals surface area contributed by atoms with E-state index in [-0.39, 0.29) is 18.6 Å². The minimum atomic E-state index is -0.225. The summed E-state index contributed by atoms with van der Waals surface area (Å²) in [7, 11) is 1.68. The topological polar surface area (TPSA) is 71.2 Å². The highest BCUT2D eigenvalue weighted by atomic mass is 16.3. The maximum absolute atomic E-state index is 12.3. The Labute approximate surface area is 124 Å². The molecule has 1 N–H and O–H groups in total. The van der Waals surface area contributed by atoms with Gasteiger partial charge in [0.1, 0.15) is 0 Å². The van der Waals surface area contributed by atoms with Gasteiger partial charge >= 0.3 is 0 Å². The van der Waals surface area contributed by atoms with Crippen LogP contribution < -0.4 is 0 Å². The number of aliphatic hydroxyl groups is 1. The number of hydrogen-bond acceptors (Lipinski definition) is 4. The molecule has 0 aliphatic rings. The average Bonchev–Trinajstić information content (AvgIpc) is 2.86. The van der Waals surface area contributed by atoms with Crippen LogP contribution in [0.2, 0.25) is 0 Å². The van der Waals surface area contributed by atoms with Gasteiger partial charge in [0.05, 0.1) is 24.4 Å². The van der Waals surface area contributed by atoms with E-state index < -0.39 is 0 Å². The molecule has 1 atom stereocenters. The number of rotatable bonds is 5. The first kappa shape index (κ1) is 15.4. The Morgan fingerprint density at radius 3 is 2.71 bits per heavy atom. The molecule has 1 amide bonds. The standard InChI is InChI=1S/C15H22N4O2/c1-10(2)8-19-14-12(7-17-19)5-13(6-16-14)15(21)18(4)11(3)9-20/h5-7,10-11,20H,8-9H2,1-4H3. The molecule has 0 fully saturated rings. The summed E-state index contributed by atoms with van der Waals surface area (Å²) >= 11 is 0. The molecule has 0 spiro atoms. The molecule has 6 heteroatoms. The number of amides is 1. The van der Waals surface area contributed by atoms with E-state index in [0.717, 1.165) is 17.6 Å². The van der Waals surface area contributed by atoms with Gasteiger partial charge in [-0.15, -0.1) is 0 Å². The molecule has 0 bridgehead atoms. The Morgan fingerprint density at radius 2 is 2.10 bits per heavy atom. The van der Waals surface area contributed by atoms with E-state index in [9.17, 15) is 4.79 Å². The molecule has 2 aromatic rings. The van der Waals surface area contributed by atoms with Crippen LogP contribution in [0.1, 0.15) is 31.1 Å². The molecule has 0 aliphatic heterocycles. The van der Waals surface area contributed by atoms with Crippen molar-refractivity contribution in [1.29, 1.82) is 0 Å².